The summed E-state index contributed by atoms with van der Waals surface area (Å²) in [5.41, 5.74) is 2.25. The van der Waals surface area contributed by atoms with Crippen LogP contribution in [-0.2, 0) is 13.1 Å². The average molecular weight is 313 g/mol. The van der Waals surface area contributed by atoms with Crippen molar-refractivity contribution in [2.75, 3.05) is 33.2 Å². The highest BCUT2D eigenvalue weighted by Gasteiger charge is 2.20. The van der Waals surface area contributed by atoms with Crippen LogP contribution in [0.25, 0.3) is 0 Å². The maximum absolute atomic E-state index is 4.89. The van der Waals surface area contributed by atoms with Gasteiger partial charge in [0.25, 0.3) is 0 Å². The number of aromatic nitrogens is 1. The summed E-state index contributed by atoms with van der Waals surface area (Å²) in [6.07, 6.45) is 1.63. The molecule has 2 aromatic rings. The van der Waals surface area contributed by atoms with Crippen LogP contribution in [0.15, 0.2) is 52.2 Å². The number of hydrogen-bond acceptors (Lipinski definition) is 4. The van der Waals surface area contributed by atoms with Gasteiger partial charge in [0.05, 0.1) is 5.69 Å². The van der Waals surface area contributed by atoms with Gasteiger partial charge < -0.3 is 14.7 Å². The summed E-state index contributed by atoms with van der Waals surface area (Å²) in [6, 6.07) is 12.3. The van der Waals surface area contributed by atoms with E-state index in [1.807, 2.05) is 19.2 Å². The fourth-order valence-electron chi connectivity index (χ4n) is 2.78. The van der Waals surface area contributed by atoms with Crippen molar-refractivity contribution in [3.63, 3.8) is 0 Å². The number of guanidine groups is 1. The van der Waals surface area contributed by atoms with Crippen molar-refractivity contribution < 1.29 is 4.52 Å². The van der Waals surface area contributed by atoms with Gasteiger partial charge >= 0.3 is 0 Å². The number of benzene rings is 1. The first-order valence-corrected chi connectivity index (χ1v) is 7.96. The summed E-state index contributed by atoms with van der Waals surface area (Å²) in [4.78, 5) is 9.11. The second-order valence-electron chi connectivity index (χ2n) is 5.64. The molecular formula is C17H23N5O. The van der Waals surface area contributed by atoms with E-state index < -0.39 is 0 Å². The van der Waals surface area contributed by atoms with Crippen LogP contribution in [0.2, 0.25) is 0 Å². The van der Waals surface area contributed by atoms with E-state index in [4.69, 9.17) is 4.52 Å². The second-order valence-corrected chi connectivity index (χ2v) is 5.64. The maximum atomic E-state index is 4.89. The van der Waals surface area contributed by atoms with E-state index in [1.54, 1.807) is 6.26 Å². The number of nitrogens with zero attached hydrogens (tertiary/aromatic N) is 4. The van der Waals surface area contributed by atoms with Gasteiger partial charge in [0.2, 0.25) is 0 Å². The standard InChI is InChI=1S/C17H23N5O/c1-18-17(19-13-15-5-3-2-4-6-15)22-10-8-21(9-11-22)14-16-7-12-23-20-16/h2-7,12H,8-11,13-14H2,1H3,(H,18,19). The third-order valence-corrected chi connectivity index (χ3v) is 4.05. The zero-order valence-electron chi connectivity index (χ0n) is 13.5. The van der Waals surface area contributed by atoms with Gasteiger partial charge in [0, 0.05) is 52.4 Å². The van der Waals surface area contributed by atoms with Crippen LogP contribution in [-0.4, -0.2) is 54.1 Å². The molecule has 0 spiro atoms. The molecule has 6 heteroatoms. The molecule has 0 radical (unpaired) electrons. The Labute approximate surface area is 136 Å². The minimum absolute atomic E-state index is 0.798. The molecule has 1 aliphatic heterocycles. The fraction of sp³-hybridized carbons (Fsp3) is 0.412. The number of piperazine rings is 1. The Morgan fingerprint density at radius 2 is 1.96 bits per heavy atom. The Bertz CT molecular complexity index is 603. The highest BCUT2D eigenvalue weighted by Crippen LogP contribution is 2.07. The van der Waals surface area contributed by atoms with Gasteiger partial charge in [-0.15, -0.1) is 0 Å². The number of aliphatic imine (C=N–C) groups is 1. The van der Waals surface area contributed by atoms with Crippen molar-refractivity contribution in [2.45, 2.75) is 13.1 Å². The number of rotatable bonds is 4. The van der Waals surface area contributed by atoms with Gasteiger partial charge in [-0.25, -0.2) is 0 Å². The van der Waals surface area contributed by atoms with Crippen molar-refractivity contribution in [1.82, 2.24) is 20.3 Å². The molecule has 2 heterocycles. The normalized spacial score (nSPS) is 16.6. The van der Waals surface area contributed by atoms with Crippen LogP contribution in [0, 0.1) is 0 Å². The highest BCUT2D eigenvalue weighted by atomic mass is 16.5. The lowest BCUT2D eigenvalue weighted by Gasteiger charge is -2.36. The quantitative estimate of drug-likeness (QED) is 0.686. The Balaban J connectivity index is 1.47. The average Bonchev–Trinajstić information content (AvgIpc) is 3.11. The largest absolute Gasteiger partial charge is 0.364 e. The molecule has 1 saturated heterocycles. The lowest BCUT2D eigenvalue weighted by atomic mass is 10.2. The third kappa shape index (κ3) is 4.32. The summed E-state index contributed by atoms with van der Waals surface area (Å²) in [5.74, 6) is 0.968. The molecule has 0 amide bonds. The molecule has 0 atom stereocenters. The van der Waals surface area contributed by atoms with Crippen LogP contribution in [0.5, 0.6) is 0 Å². The van der Waals surface area contributed by atoms with Crippen LogP contribution < -0.4 is 5.32 Å². The van der Waals surface area contributed by atoms with Gasteiger partial charge in [-0.3, -0.25) is 9.89 Å². The predicted octanol–water partition coefficient (Wildman–Crippen LogP) is 1.57. The molecule has 1 aliphatic rings. The van der Waals surface area contributed by atoms with Crippen LogP contribution in [0.4, 0.5) is 0 Å². The monoisotopic (exact) mass is 313 g/mol. The van der Waals surface area contributed by atoms with Crippen LogP contribution >= 0.6 is 0 Å². The molecule has 0 aliphatic carbocycles. The van der Waals surface area contributed by atoms with Gasteiger partial charge in [-0.1, -0.05) is 35.5 Å². The van der Waals surface area contributed by atoms with E-state index in [2.05, 4.69) is 49.5 Å². The predicted molar refractivity (Wildman–Crippen MR) is 90.0 cm³/mol. The Morgan fingerprint density at radius 1 is 1.17 bits per heavy atom. The van der Waals surface area contributed by atoms with Crippen LogP contribution in [0.3, 0.4) is 0 Å². The molecule has 1 fully saturated rings. The fourth-order valence-corrected chi connectivity index (χ4v) is 2.78. The summed E-state index contributed by atoms with van der Waals surface area (Å²) in [7, 11) is 1.84. The second kappa shape index (κ2) is 7.78. The van der Waals surface area contributed by atoms with Gasteiger partial charge in [-0.05, 0) is 5.56 Å². The van der Waals surface area contributed by atoms with E-state index >= 15 is 0 Å². The Kier molecular flexibility index (Phi) is 5.26. The van der Waals surface area contributed by atoms with E-state index in [0.29, 0.717) is 0 Å². The molecular weight excluding hydrogens is 290 g/mol. The zero-order valence-corrected chi connectivity index (χ0v) is 13.5. The molecule has 0 saturated carbocycles. The Hall–Kier alpha value is -2.34. The topological polar surface area (TPSA) is 56.9 Å². The van der Waals surface area contributed by atoms with Crippen LogP contribution in [0.1, 0.15) is 11.3 Å². The van der Waals surface area contributed by atoms with Crippen molar-refractivity contribution in [2.24, 2.45) is 4.99 Å². The molecule has 1 aromatic carbocycles. The lowest BCUT2D eigenvalue weighted by Crippen LogP contribution is -2.52. The first kappa shape index (κ1) is 15.6. The molecule has 1 N–H and O–H groups in total. The molecule has 23 heavy (non-hydrogen) atoms. The van der Waals surface area contributed by atoms with Gasteiger partial charge in [0.15, 0.2) is 5.96 Å². The molecule has 122 valence electrons. The van der Waals surface area contributed by atoms with Crippen molar-refractivity contribution in [3.05, 3.63) is 53.9 Å². The Morgan fingerprint density at radius 3 is 2.61 bits per heavy atom. The molecule has 0 unspecified atom stereocenters. The van der Waals surface area contributed by atoms with Gasteiger partial charge in [0.1, 0.15) is 6.26 Å². The van der Waals surface area contributed by atoms with E-state index in [9.17, 15) is 0 Å². The summed E-state index contributed by atoms with van der Waals surface area (Å²) >= 11 is 0. The van der Waals surface area contributed by atoms with Crippen molar-refractivity contribution >= 4 is 5.96 Å². The third-order valence-electron chi connectivity index (χ3n) is 4.05. The highest BCUT2D eigenvalue weighted by molar-refractivity contribution is 5.80. The lowest BCUT2D eigenvalue weighted by molar-refractivity contribution is 0.169. The summed E-state index contributed by atoms with van der Waals surface area (Å²) in [6.45, 7) is 5.57. The number of nitrogens with one attached hydrogen (secondary N) is 1. The molecule has 1 aromatic heterocycles. The number of hydrogen-bond donors (Lipinski definition) is 1. The molecule has 0 bridgehead atoms. The first-order chi connectivity index (χ1) is 11.3. The zero-order chi connectivity index (χ0) is 15.9. The minimum Gasteiger partial charge on any atom is -0.364 e. The van der Waals surface area contributed by atoms with Crippen molar-refractivity contribution in [1.29, 1.82) is 0 Å². The summed E-state index contributed by atoms with van der Waals surface area (Å²) in [5, 5.41) is 7.42. The minimum atomic E-state index is 0.798. The maximum Gasteiger partial charge on any atom is 0.194 e. The molecule has 6 nitrogen and oxygen atoms in total. The van der Waals surface area contributed by atoms with Gasteiger partial charge in [-0.2, -0.15) is 0 Å². The van der Waals surface area contributed by atoms with E-state index in [0.717, 1.165) is 50.9 Å². The molecule has 3 rings (SSSR count). The summed E-state index contributed by atoms with van der Waals surface area (Å²) < 4.78 is 4.89. The first-order valence-electron chi connectivity index (χ1n) is 7.96. The van der Waals surface area contributed by atoms with Crippen molar-refractivity contribution in [3.8, 4) is 0 Å². The van der Waals surface area contributed by atoms with E-state index in [1.165, 1.54) is 5.56 Å². The smallest absolute Gasteiger partial charge is 0.194 e. The van der Waals surface area contributed by atoms with E-state index in [-0.39, 0.29) is 0 Å². The SMILES string of the molecule is CN=C(NCc1ccccc1)N1CCN(Cc2ccon2)CC1.